The third-order valence-electron chi connectivity index (χ3n) is 2.84. The van der Waals surface area contributed by atoms with Crippen LogP contribution in [-0.2, 0) is 6.54 Å². The maximum atomic E-state index is 11.9. The van der Waals surface area contributed by atoms with Gasteiger partial charge in [0.1, 0.15) is 5.69 Å². The first-order valence-corrected chi connectivity index (χ1v) is 7.55. The van der Waals surface area contributed by atoms with E-state index in [0.29, 0.717) is 16.7 Å². The van der Waals surface area contributed by atoms with Gasteiger partial charge in [-0.2, -0.15) is 0 Å². The van der Waals surface area contributed by atoms with Crippen LogP contribution in [0.3, 0.4) is 0 Å². The van der Waals surface area contributed by atoms with E-state index in [1.807, 2.05) is 18.3 Å². The second-order valence-corrected chi connectivity index (χ2v) is 5.34. The van der Waals surface area contributed by atoms with Crippen LogP contribution in [-0.4, -0.2) is 29.0 Å². The van der Waals surface area contributed by atoms with Crippen LogP contribution in [0.5, 0.6) is 0 Å². The molecular formula is C15H17BrN4O. The molecule has 5 nitrogen and oxygen atoms in total. The molecule has 0 atom stereocenters. The highest BCUT2D eigenvalue weighted by atomic mass is 79.9. The molecule has 0 saturated heterocycles. The second-order valence-electron chi connectivity index (χ2n) is 4.48. The molecule has 0 bridgehead atoms. The van der Waals surface area contributed by atoms with Crippen molar-refractivity contribution in [3.8, 4) is 0 Å². The molecule has 0 radical (unpaired) electrons. The molecule has 0 aliphatic heterocycles. The van der Waals surface area contributed by atoms with Crippen molar-refractivity contribution in [2.45, 2.75) is 13.0 Å². The summed E-state index contributed by atoms with van der Waals surface area (Å²) in [5, 5.41) is 6.17. The summed E-state index contributed by atoms with van der Waals surface area (Å²) in [7, 11) is 0. The smallest absolute Gasteiger partial charge is 0.271 e. The third kappa shape index (κ3) is 5.24. The average Bonchev–Trinajstić information content (AvgIpc) is 2.52. The molecule has 2 heterocycles. The molecule has 2 N–H and O–H groups in total. The summed E-state index contributed by atoms with van der Waals surface area (Å²) in [6, 6.07) is 7.53. The van der Waals surface area contributed by atoms with Crippen molar-refractivity contribution < 1.29 is 4.79 Å². The average molecular weight is 349 g/mol. The van der Waals surface area contributed by atoms with Crippen LogP contribution in [0.4, 0.5) is 0 Å². The molecule has 0 saturated carbocycles. The Balaban J connectivity index is 1.62. The SMILES string of the molecule is O=C(NCCCNCc1cccnc1)c1ncccc1Br. The van der Waals surface area contributed by atoms with Gasteiger partial charge in [-0.25, -0.2) is 4.98 Å². The first-order valence-electron chi connectivity index (χ1n) is 6.75. The lowest BCUT2D eigenvalue weighted by Gasteiger charge is -2.07. The van der Waals surface area contributed by atoms with Gasteiger partial charge >= 0.3 is 0 Å². The first kappa shape index (κ1) is 15.6. The molecular weight excluding hydrogens is 332 g/mol. The minimum Gasteiger partial charge on any atom is -0.351 e. The number of aromatic nitrogens is 2. The lowest BCUT2D eigenvalue weighted by Crippen LogP contribution is -2.28. The van der Waals surface area contributed by atoms with E-state index in [0.717, 1.165) is 25.1 Å². The molecule has 0 aliphatic carbocycles. The van der Waals surface area contributed by atoms with Crippen LogP contribution >= 0.6 is 15.9 Å². The summed E-state index contributed by atoms with van der Waals surface area (Å²) in [5.74, 6) is -0.158. The Morgan fingerprint density at radius 2 is 2.05 bits per heavy atom. The molecule has 2 rings (SSSR count). The van der Waals surface area contributed by atoms with Crippen LogP contribution in [0.25, 0.3) is 0 Å². The van der Waals surface area contributed by atoms with Crippen molar-refractivity contribution in [2.24, 2.45) is 0 Å². The van der Waals surface area contributed by atoms with Gasteiger partial charge in [-0.15, -0.1) is 0 Å². The third-order valence-corrected chi connectivity index (χ3v) is 3.48. The van der Waals surface area contributed by atoms with Crippen molar-refractivity contribution in [3.63, 3.8) is 0 Å². The highest BCUT2D eigenvalue weighted by Crippen LogP contribution is 2.12. The van der Waals surface area contributed by atoms with Crippen molar-refractivity contribution >= 4 is 21.8 Å². The fourth-order valence-corrected chi connectivity index (χ4v) is 2.22. The Hall–Kier alpha value is -1.79. The van der Waals surface area contributed by atoms with Gasteiger partial charge in [0.15, 0.2) is 0 Å². The number of hydrogen-bond donors (Lipinski definition) is 2. The summed E-state index contributed by atoms with van der Waals surface area (Å²) < 4.78 is 0.706. The first-order chi connectivity index (χ1) is 10.3. The largest absolute Gasteiger partial charge is 0.351 e. The summed E-state index contributed by atoms with van der Waals surface area (Å²) in [6.45, 7) is 2.23. The molecule has 2 aromatic heterocycles. The van der Waals surface area contributed by atoms with Crippen LogP contribution in [0, 0.1) is 0 Å². The molecule has 0 aliphatic rings. The van der Waals surface area contributed by atoms with Crippen molar-refractivity contribution in [1.82, 2.24) is 20.6 Å². The maximum absolute atomic E-state index is 11.9. The minimum absolute atomic E-state index is 0.158. The number of rotatable bonds is 7. The molecule has 1 amide bonds. The quantitative estimate of drug-likeness (QED) is 0.752. The minimum atomic E-state index is -0.158. The van der Waals surface area contributed by atoms with Crippen molar-refractivity contribution in [1.29, 1.82) is 0 Å². The second kappa shape index (κ2) is 8.49. The number of nitrogens with zero attached hydrogens (tertiary/aromatic N) is 2. The lowest BCUT2D eigenvalue weighted by atomic mass is 10.3. The summed E-state index contributed by atoms with van der Waals surface area (Å²) in [5.41, 5.74) is 1.57. The lowest BCUT2D eigenvalue weighted by molar-refractivity contribution is 0.0947. The monoisotopic (exact) mass is 348 g/mol. The van der Waals surface area contributed by atoms with Crippen LogP contribution in [0.1, 0.15) is 22.5 Å². The molecule has 110 valence electrons. The van der Waals surface area contributed by atoms with E-state index in [2.05, 4.69) is 36.5 Å². The molecule has 6 heteroatoms. The number of halogens is 1. The van der Waals surface area contributed by atoms with Gasteiger partial charge in [0.05, 0.1) is 0 Å². The van der Waals surface area contributed by atoms with Crippen LogP contribution in [0.15, 0.2) is 47.3 Å². The zero-order chi connectivity index (χ0) is 14.9. The Morgan fingerprint density at radius 3 is 2.81 bits per heavy atom. The van der Waals surface area contributed by atoms with E-state index in [1.165, 1.54) is 0 Å². The van der Waals surface area contributed by atoms with Gasteiger partial charge in [0.25, 0.3) is 5.91 Å². The normalized spacial score (nSPS) is 10.3. The highest BCUT2D eigenvalue weighted by molar-refractivity contribution is 9.10. The molecule has 0 fully saturated rings. The predicted molar refractivity (Wildman–Crippen MR) is 84.8 cm³/mol. The van der Waals surface area contributed by atoms with Gasteiger partial charge < -0.3 is 10.6 Å². The maximum Gasteiger partial charge on any atom is 0.271 e. The summed E-state index contributed by atoms with van der Waals surface area (Å²) >= 11 is 3.32. The number of hydrogen-bond acceptors (Lipinski definition) is 4. The Morgan fingerprint density at radius 1 is 1.19 bits per heavy atom. The fourth-order valence-electron chi connectivity index (χ4n) is 1.79. The molecule has 0 aromatic carbocycles. The van der Waals surface area contributed by atoms with Crippen molar-refractivity contribution in [3.05, 3.63) is 58.6 Å². The molecule has 0 spiro atoms. The Bertz CT molecular complexity index is 577. The number of pyridine rings is 2. The van der Waals surface area contributed by atoms with Gasteiger partial charge in [-0.3, -0.25) is 9.78 Å². The highest BCUT2D eigenvalue weighted by Gasteiger charge is 2.09. The van der Waals surface area contributed by atoms with Crippen LogP contribution < -0.4 is 10.6 Å². The number of amides is 1. The Kier molecular flexibility index (Phi) is 6.30. The van der Waals surface area contributed by atoms with Crippen LogP contribution in [0.2, 0.25) is 0 Å². The molecule has 2 aromatic rings. The van der Waals surface area contributed by atoms with Gasteiger partial charge in [0, 0.05) is 36.2 Å². The topological polar surface area (TPSA) is 66.9 Å². The van der Waals surface area contributed by atoms with Gasteiger partial charge in [-0.05, 0) is 52.7 Å². The van der Waals surface area contributed by atoms with Gasteiger partial charge in [0.2, 0.25) is 0 Å². The predicted octanol–water partition coefficient (Wildman–Crippen LogP) is 2.15. The Labute approximate surface area is 132 Å². The standard InChI is InChI=1S/C15H17BrN4O/c16-13-5-2-8-19-14(13)15(21)20-9-3-7-18-11-12-4-1-6-17-10-12/h1-2,4-6,8,10,18H,3,7,9,11H2,(H,20,21). The number of carbonyl (C=O) groups excluding carboxylic acids is 1. The molecule has 21 heavy (non-hydrogen) atoms. The van der Waals surface area contributed by atoms with Gasteiger partial charge in [-0.1, -0.05) is 6.07 Å². The zero-order valence-electron chi connectivity index (χ0n) is 11.6. The fraction of sp³-hybridized carbons (Fsp3) is 0.267. The number of carbonyl (C=O) groups is 1. The zero-order valence-corrected chi connectivity index (χ0v) is 13.1. The number of nitrogens with one attached hydrogen (secondary N) is 2. The molecule has 0 unspecified atom stereocenters. The summed E-state index contributed by atoms with van der Waals surface area (Å²) in [6.07, 6.45) is 6.06. The van der Waals surface area contributed by atoms with E-state index >= 15 is 0 Å². The summed E-state index contributed by atoms with van der Waals surface area (Å²) in [4.78, 5) is 20.0. The van der Waals surface area contributed by atoms with E-state index in [9.17, 15) is 4.79 Å². The van der Waals surface area contributed by atoms with E-state index < -0.39 is 0 Å². The van der Waals surface area contributed by atoms with E-state index in [-0.39, 0.29) is 5.91 Å². The van der Waals surface area contributed by atoms with Crippen molar-refractivity contribution in [2.75, 3.05) is 13.1 Å². The van der Waals surface area contributed by atoms with E-state index in [1.54, 1.807) is 24.5 Å². The van der Waals surface area contributed by atoms with E-state index in [4.69, 9.17) is 0 Å².